The summed E-state index contributed by atoms with van der Waals surface area (Å²) in [5, 5.41) is 8.12. The van der Waals surface area contributed by atoms with Crippen LogP contribution in [0.1, 0.15) is 22.8 Å². The van der Waals surface area contributed by atoms with Crippen LogP contribution in [0.15, 0.2) is 67.3 Å². The Labute approximate surface area is 191 Å². The fourth-order valence-corrected chi connectivity index (χ4v) is 4.55. The minimum Gasteiger partial charge on any atom is -0.457 e. The molecule has 5 rings (SSSR count). The molecular formula is C25H25N5O3. The van der Waals surface area contributed by atoms with E-state index in [0.717, 1.165) is 17.7 Å². The molecule has 0 radical (unpaired) electrons. The molecule has 0 unspecified atom stereocenters. The van der Waals surface area contributed by atoms with Crippen molar-refractivity contribution in [3.63, 3.8) is 0 Å². The zero-order valence-electron chi connectivity index (χ0n) is 18.1. The van der Waals surface area contributed by atoms with Gasteiger partial charge in [-0.25, -0.2) is 4.68 Å². The third kappa shape index (κ3) is 3.84. The first-order valence-electron chi connectivity index (χ1n) is 11.0. The van der Waals surface area contributed by atoms with Crippen LogP contribution in [0.25, 0.3) is 11.3 Å². The molecule has 1 saturated heterocycles. The molecule has 33 heavy (non-hydrogen) atoms. The summed E-state index contributed by atoms with van der Waals surface area (Å²) in [7, 11) is 0. The number of primary amides is 1. The van der Waals surface area contributed by atoms with Gasteiger partial charge in [-0.2, -0.15) is 5.10 Å². The lowest BCUT2D eigenvalue weighted by Gasteiger charge is -2.44. The van der Waals surface area contributed by atoms with E-state index in [9.17, 15) is 9.59 Å². The molecule has 2 aliphatic rings. The van der Waals surface area contributed by atoms with Crippen LogP contribution in [0.3, 0.4) is 0 Å². The summed E-state index contributed by atoms with van der Waals surface area (Å²) in [6, 6.07) is 17.1. The highest BCUT2D eigenvalue weighted by molar-refractivity contribution is 6.03. The van der Waals surface area contributed by atoms with E-state index in [1.807, 2.05) is 59.3 Å². The number of anilines is 1. The lowest BCUT2D eigenvalue weighted by atomic mass is 9.88. The van der Waals surface area contributed by atoms with Gasteiger partial charge in [0.2, 0.25) is 5.91 Å². The number of carbonyl (C=O) groups is 2. The number of fused-ring (bicyclic) bond motifs is 1. The van der Waals surface area contributed by atoms with Crippen molar-refractivity contribution < 1.29 is 14.3 Å². The smallest absolute Gasteiger partial charge is 0.254 e. The average Bonchev–Trinajstić information content (AvgIpc) is 3.20. The quantitative estimate of drug-likeness (QED) is 0.568. The monoisotopic (exact) mass is 443 g/mol. The summed E-state index contributed by atoms with van der Waals surface area (Å²) < 4.78 is 7.75. The van der Waals surface area contributed by atoms with E-state index in [-0.39, 0.29) is 17.9 Å². The molecule has 0 bridgehead atoms. The van der Waals surface area contributed by atoms with Gasteiger partial charge in [0.15, 0.2) is 0 Å². The predicted molar refractivity (Wildman–Crippen MR) is 125 cm³/mol. The minimum atomic E-state index is -0.527. The van der Waals surface area contributed by atoms with Crippen molar-refractivity contribution in [3.05, 3.63) is 72.8 Å². The molecular weight excluding hydrogens is 418 g/mol. The molecule has 1 atom stereocenters. The highest BCUT2D eigenvalue weighted by Crippen LogP contribution is 2.39. The van der Waals surface area contributed by atoms with Crippen molar-refractivity contribution in [2.24, 2.45) is 11.7 Å². The molecule has 168 valence electrons. The normalized spacial score (nSPS) is 17.5. The third-order valence-electron chi connectivity index (χ3n) is 6.25. The van der Waals surface area contributed by atoms with Crippen molar-refractivity contribution in [2.45, 2.75) is 12.5 Å². The first-order chi connectivity index (χ1) is 16.0. The molecule has 8 nitrogen and oxygen atoms in total. The van der Waals surface area contributed by atoms with E-state index in [1.54, 1.807) is 4.90 Å². The van der Waals surface area contributed by atoms with Crippen molar-refractivity contribution in [1.82, 2.24) is 14.7 Å². The summed E-state index contributed by atoms with van der Waals surface area (Å²) in [4.78, 5) is 26.0. The zero-order chi connectivity index (χ0) is 22.9. The molecule has 0 saturated carbocycles. The fourth-order valence-electron chi connectivity index (χ4n) is 4.55. The van der Waals surface area contributed by atoms with Gasteiger partial charge >= 0.3 is 0 Å². The van der Waals surface area contributed by atoms with E-state index >= 15 is 0 Å². The van der Waals surface area contributed by atoms with Gasteiger partial charge in [0.1, 0.15) is 28.6 Å². The van der Waals surface area contributed by atoms with Crippen LogP contribution in [-0.4, -0.2) is 46.1 Å². The SMILES string of the molecule is C=CC(=O)N1CC([C@@H]2CCNc3c(C(N)=O)c(-c4ccc(Oc5ccccc5)cc4)nn32)C1. The topological polar surface area (TPSA) is 102 Å². The number of para-hydroxylation sites is 1. The first kappa shape index (κ1) is 20.8. The average molecular weight is 444 g/mol. The van der Waals surface area contributed by atoms with Crippen LogP contribution < -0.4 is 15.8 Å². The van der Waals surface area contributed by atoms with E-state index in [1.165, 1.54) is 6.08 Å². The second-order valence-corrected chi connectivity index (χ2v) is 8.31. The summed E-state index contributed by atoms with van der Waals surface area (Å²) >= 11 is 0. The molecule has 3 N–H and O–H groups in total. The number of nitrogens with two attached hydrogens (primary N) is 1. The van der Waals surface area contributed by atoms with E-state index in [2.05, 4.69) is 11.9 Å². The maximum Gasteiger partial charge on any atom is 0.254 e. The van der Waals surface area contributed by atoms with Crippen LogP contribution in [0, 0.1) is 5.92 Å². The Morgan fingerprint density at radius 3 is 2.45 bits per heavy atom. The predicted octanol–water partition coefficient (Wildman–Crippen LogP) is 3.44. The van der Waals surface area contributed by atoms with Crippen LogP contribution in [0.4, 0.5) is 5.82 Å². The molecule has 2 aliphatic heterocycles. The molecule has 3 aromatic rings. The molecule has 1 aromatic heterocycles. The number of rotatable bonds is 6. The Morgan fingerprint density at radius 1 is 1.09 bits per heavy atom. The highest BCUT2D eigenvalue weighted by Gasteiger charge is 2.40. The van der Waals surface area contributed by atoms with Gasteiger partial charge in [-0.1, -0.05) is 24.8 Å². The Kier molecular flexibility index (Phi) is 5.34. The van der Waals surface area contributed by atoms with Gasteiger partial charge < -0.3 is 20.7 Å². The number of ether oxygens (including phenoxy) is 1. The van der Waals surface area contributed by atoms with Crippen molar-refractivity contribution >= 4 is 17.6 Å². The minimum absolute atomic E-state index is 0.0581. The van der Waals surface area contributed by atoms with Crippen LogP contribution in [0.2, 0.25) is 0 Å². The van der Waals surface area contributed by atoms with Gasteiger partial charge in [-0.05, 0) is 48.9 Å². The Morgan fingerprint density at radius 2 is 1.79 bits per heavy atom. The van der Waals surface area contributed by atoms with Gasteiger partial charge in [0.05, 0.1) is 6.04 Å². The largest absolute Gasteiger partial charge is 0.457 e. The Balaban J connectivity index is 1.43. The van der Waals surface area contributed by atoms with Gasteiger partial charge in [0, 0.05) is 31.1 Å². The number of likely N-dealkylation sites (tertiary alicyclic amines) is 1. The van der Waals surface area contributed by atoms with E-state index in [4.69, 9.17) is 15.6 Å². The molecule has 2 aromatic carbocycles. The molecule has 0 spiro atoms. The summed E-state index contributed by atoms with van der Waals surface area (Å²) in [6.45, 7) is 5.58. The van der Waals surface area contributed by atoms with Crippen molar-refractivity contribution in [1.29, 1.82) is 0 Å². The van der Waals surface area contributed by atoms with Gasteiger partial charge in [-0.3, -0.25) is 9.59 Å². The summed E-state index contributed by atoms with van der Waals surface area (Å²) in [5.74, 6) is 1.76. The molecule has 3 heterocycles. The van der Waals surface area contributed by atoms with Crippen LogP contribution in [0.5, 0.6) is 11.5 Å². The second kappa shape index (κ2) is 8.46. The molecule has 8 heteroatoms. The fraction of sp³-hybridized carbons (Fsp3) is 0.240. The number of hydrogen-bond donors (Lipinski definition) is 2. The van der Waals surface area contributed by atoms with E-state index in [0.29, 0.717) is 42.5 Å². The standard InChI is InChI=1S/C25H25N5O3/c1-2-21(31)29-14-17(15-29)20-12-13-27-25-22(24(26)32)23(28-30(20)25)16-8-10-19(11-9-16)33-18-6-4-3-5-7-18/h2-11,17,20,27H,1,12-15H2,(H2,26,32)/t20-/m0/s1. The summed E-state index contributed by atoms with van der Waals surface area (Å²) in [5.41, 5.74) is 7.49. The molecule has 1 fully saturated rings. The number of aromatic nitrogens is 2. The van der Waals surface area contributed by atoms with Crippen LogP contribution >= 0.6 is 0 Å². The number of hydrogen-bond acceptors (Lipinski definition) is 5. The first-order valence-corrected chi connectivity index (χ1v) is 11.0. The Hall–Kier alpha value is -4.07. The van der Waals surface area contributed by atoms with Gasteiger partial charge in [0.25, 0.3) is 5.91 Å². The third-order valence-corrected chi connectivity index (χ3v) is 6.25. The van der Waals surface area contributed by atoms with Crippen LogP contribution in [-0.2, 0) is 4.79 Å². The van der Waals surface area contributed by atoms with Crippen molar-refractivity contribution in [3.8, 4) is 22.8 Å². The maximum atomic E-state index is 12.4. The number of carbonyl (C=O) groups excluding carboxylic acids is 2. The molecule has 2 amide bonds. The number of nitrogens with one attached hydrogen (secondary N) is 1. The lowest BCUT2D eigenvalue weighted by Crippen LogP contribution is -2.53. The highest BCUT2D eigenvalue weighted by atomic mass is 16.5. The van der Waals surface area contributed by atoms with Gasteiger partial charge in [-0.15, -0.1) is 0 Å². The number of nitrogens with zero attached hydrogens (tertiary/aromatic N) is 3. The number of benzene rings is 2. The zero-order valence-corrected chi connectivity index (χ0v) is 18.1. The number of amides is 2. The van der Waals surface area contributed by atoms with Crippen molar-refractivity contribution in [2.75, 3.05) is 25.0 Å². The van der Waals surface area contributed by atoms with E-state index < -0.39 is 5.91 Å². The lowest BCUT2D eigenvalue weighted by molar-refractivity contribution is -0.133. The Bertz CT molecular complexity index is 1200. The molecule has 0 aliphatic carbocycles. The summed E-state index contributed by atoms with van der Waals surface area (Å²) in [6.07, 6.45) is 2.20. The second-order valence-electron chi connectivity index (χ2n) is 8.31. The maximum absolute atomic E-state index is 12.4.